The first kappa shape index (κ1) is 15.6. The van der Waals surface area contributed by atoms with Gasteiger partial charge in [0.1, 0.15) is 5.75 Å². The van der Waals surface area contributed by atoms with Crippen LogP contribution in [0, 0.1) is 16.7 Å². The molecule has 0 saturated carbocycles. The molecule has 0 aliphatic heterocycles. The van der Waals surface area contributed by atoms with Gasteiger partial charge in [-0.3, -0.25) is 0 Å². The second kappa shape index (κ2) is 6.10. The van der Waals surface area contributed by atoms with Crippen molar-refractivity contribution in [2.24, 2.45) is 5.41 Å². The zero-order chi connectivity index (χ0) is 14.5. The molecule has 0 bridgehead atoms. The number of nitrogens with zero attached hydrogens (tertiary/aromatic N) is 1. The van der Waals surface area contributed by atoms with E-state index in [1.807, 2.05) is 26.0 Å². The van der Waals surface area contributed by atoms with Gasteiger partial charge in [-0.05, 0) is 49.8 Å². The Bertz CT molecular complexity index is 432. The first-order chi connectivity index (χ1) is 8.74. The Labute approximate surface area is 117 Å². The molecule has 0 spiro atoms. The van der Waals surface area contributed by atoms with Gasteiger partial charge < -0.3 is 4.74 Å². The summed E-state index contributed by atoms with van der Waals surface area (Å²) in [5, 5.41) is 8.93. The van der Waals surface area contributed by atoms with Gasteiger partial charge in [0.05, 0.1) is 18.1 Å². The molecular formula is C17H25NO. The summed E-state index contributed by atoms with van der Waals surface area (Å²) < 4.78 is 5.70. The highest BCUT2D eigenvalue weighted by Gasteiger charge is 2.16. The van der Waals surface area contributed by atoms with Crippen molar-refractivity contribution in [2.45, 2.75) is 52.9 Å². The minimum atomic E-state index is -0.251. The first-order valence-corrected chi connectivity index (χ1v) is 6.89. The van der Waals surface area contributed by atoms with E-state index in [1.165, 1.54) is 5.56 Å². The van der Waals surface area contributed by atoms with E-state index in [-0.39, 0.29) is 10.8 Å². The highest BCUT2D eigenvalue weighted by Crippen LogP contribution is 2.25. The lowest BCUT2D eigenvalue weighted by Crippen LogP contribution is -2.11. The molecule has 1 aromatic rings. The fourth-order valence-electron chi connectivity index (χ4n) is 1.81. The predicted molar refractivity (Wildman–Crippen MR) is 79.3 cm³/mol. The molecule has 1 aromatic carbocycles. The second-order valence-electron chi connectivity index (χ2n) is 6.72. The maximum atomic E-state index is 8.93. The topological polar surface area (TPSA) is 33.0 Å². The molecular weight excluding hydrogens is 234 g/mol. The SMILES string of the molecule is CC(C)(C#N)CCCOc1ccc(C(C)(C)C)cc1. The van der Waals surface area contributed by atoms with Gasteiger partial charge in [0.15, 0.2) is 0 Å². The quantitative estimate of drug-likeness (QED) is 0.718. The molecule has 104 valence electrons. The van der Waals surface area contributed by atoms with E-state index >= 15 is 0 Å². The largest absolute Gasteiger partial charge is 0.494 e. The van der Waals surface area contributed by atoms with Crippen LogP contribution in [0.3, 0.4) is 0 Å². The van der Waals surface area contributed by atoms with Crippen LogP contribution in [0.1, 0.15) is 53.0 Å². The van der Waals surface area contributed by atoms with Crippen LogP contribution in [-0.2, 0) is 5.41 Å². The molecule has 0 aliphatic carbocycles. The molecule has 0 unspecified atom stereocenters. The lowest BCUT2D eigenvalue weighted by Gasteiger charge is -2.19. The maximum absolute atomic E-state index is 8.93. The van der Waals surface area contributed by atoms with Crippen molar-refractivity contribution < 1.29 is 4.74 Å². The van der Waals surface area contributed by atoms with Gasteiger partial charge in [0.2, 0.25) is 0 Å². The molecule has 0 aromatic heterocycles. The summed E-state index contributed by atoms with van der Waals surface area (Å²) in [7, 11) is 0. The summed E-state index contributed by atoms with van der Waals surface area (Å²) in [6, 6.07) is 10.6. The number of nitriles is 1. The first-order valence-electron chi connectivity index (χ1n) is 6.89. The Morgan fingerprint density at radius 2 is 1.63 bits per heavy atom. The van der Waals surface area contributed by atoms with Gasteiger partial charge in [-0.1, -0.05) is 32.9 Å². The Balaban J connectivity index is 2.41. The molecule has 2 heteroatoms. The highest BCUT2D eigenvalue weighted by molar-refractivity contribution is 5.31. The van der Waals surface area contributed by atoms with Gasteiger partial charge in [0.25, 0.3) is 0 Å². The standard InChI is InChI=1S/C17H25NO/c1-16(2,3)14-7-9-15(10-8-14)19-12-6-11-17(4,5)13-18/h7-10H,6,11-12H2,1-5H3. The number of hydrogen-bond donors (Lipinski definition) is 0. The molecule has 0 heterocycles. The molecule has 0 fully saturated rings. The van der Waals surface area contributed by atoms with Crippen LogP contribution in [0.5, 0.6) is 5.75 Å². The van der Waals surface area contributed by atoms with Crippen LogP contribution in [0.4, 0.5) is 0 Å². The van der Waals surface area contributed by atoms with Crippen molar-refractivity contribution in [1.29, 1.82) is 5.26 Å². The van der Waals surface area contributed by atoms with Crippen molar-refractivity contribution in [3.8, 4) is 11.8 Å². The number of rotatable bonds is 5. The maximum Gasteiger partial charge on any atom is 0.119 e. The molecule has 0 amide bonds. The molecule has 2 nitrogen and oxygen atoms in total. The van der Waals surface area contributed by atoms with Crippen molar-refractivity contribution >= 4 is 0 Å². The van der Waals surface area contributed by atoms with Gasteiger partial charge >= 0.3 is 0 Å². The summed E-state index contributed by atoms with van der Waals surface area (Å²) in [6.07, 6.45) is 1.77. The van der Waals surface area contributed by atoms with Crippen LogP contribution < -0.4 is 4.74 Å². The average Bonchev–Trinajstić information content (AvgIpc) is 2.34. The van der Waals surface area contributed by atoms with Crippen LogP contribution >= 0.6 is 0 Å². The summed E-state index contributed by atoms with van der Waals surface area (Å²) >= 11 is 0. The Morgan fingerprint density at radius 1 is 1.05 bits per heavy atom. The molecule has 0 atom stereocenters. The third-order valence-corrected chi connectivity index (χ3v) is 3.24. The van der Waals surface area contributed by atoms with Crippen LogP contribution in [0.15, 0.2) is 24.3 Å². The number of ether oxygens (including phenoxy) is 1. The van der Waals surface area contributed by atoms with E-state index in [0.717, 1.165) is 18.6 Å². The van der Waals surface area contributed by atoms with E-state index in [0.29, 0.717) is 6.61 Å². The molecule has 1 rings (SSSR count). The predicted octanol–water partition coefficient (Wildman–Crippen LogP) is 4.69. The number of hydrogen-bond acceptors (Lipinski definition) is 2. The van der Waals surface area contributed by atoms with Gasteiger partial charge in [-0.2, -0.15) is 5.26 Å². The zero-order valence-electron chi connectivity index (χ0n) is 12.8. The Morgan fingerprint density at radius 3 is 2.11 bits per heavy atom. The summed E-state index contributed by atoms with van der Waals surface area (Å²) in [6.45, 7) is 11.2. The Kier molecular flexibility index (Phi) is 5.00. The minimum absolute atomic E-state index is 0.176. The number of benzene rings is 1. The van der Waals surface area contributed by atoms with Crippen molar-refractivity contribution in [3.63, 3.8) is 0 Å². The smallest absolute Gasteiger partial charge is 0.119 e. The van der Waals surface area contributed by atoms with E-state index in [1.54, 1.807) is 0 Å². The third-order valence-electron chi connectivity index (χ3n) is 3.24. The van der Waals surface area contributed by atoms with Crippen LogP contribution in [0.25, 0.3) is 0 Å². The molecule has 0 aliphatic rings. The van der Waals surface area contributed by atoms with Crippen LogP contribution in [-0.4, -0.2) is 6.61 Å². The van der Waals surface area contributed by atoms with Crippen molar-refractivity contribution in [3.05, 3.63) is 29.8 Å². The lowest BCUT2D eigenvalue weighted by molar-refractivity contribution is 0.284. The van der Waals surface area contributed by atoms with Gasteiger partial charge in [-0.15, -0.1) is 0 Å². The Hall–Kier alpha value is -1.49. The normalized spacial score (nSPS) is 12.0. The molecule has 0 saturated heterocycles. The zero-order valence-corrected chi connectivity index (χ0v) is 12.8. The van der Waals surface area contributed by atoms with E-state index in [9.17, 15) is 0 Å². The van der Waals surface area contributed by atoms with E-state index in [2.05, 4.69) is 39.0 Å². The van der Waals surface area contributed by atoms with E-state index in [4.69, 9.17) is 10.00 Å². The van der Waals surface area contributed by atoms with Crippen molar-refractivity contribution in [2.75, 3.05) is 6.61 Å². The van der Waals surface area contributed by atoms with Gasteiger partial charge in [-0.25, -0.2) is 0 Å². The highest BCUT2D eigenvalue weighted by atomic mass is 16.5. The fourth-order valence-corrected chi connectivity index (χ4v) is 1.81. The second-order valence-corrected chi connectivity index (χ2v) is 6.72. The van der Waals surface area contributed by atoms with Crippen LogP contribution in [0.2, 0.25) is 0 Å². The lowest BCUT2D eigenvalue weighted by atomic mass is 9.87. The molecule has 0 N–H and O–H groups in total. The minimum Gasteiger partial charge on any atom is -0.494 e. The van der Waals surface area contributed by atoms with Crippen molar-refractivity contribution in [1.82, 2.24) is 0 Å². The molecule has 0 radical (unpaired) electrons. The summed E-state index contributed by atoms with van der Waals surface area (Å²) in [5.41, 5.74) is 1.24. The summed E-state index contributed by atoms with van der Waals surface area (Å²) in [4.78, 5) is 0. The average molecular weight is 259 g/mol. The molecule has 19 heavy (non-hydrogen) atoms. The monoisotopic (exact) mass is 259 g/mol. The third kappa shape index (κ3) is 5.34. The fraction of sp³-hybridized carbons (Fsp3) is 0.588. The van der Waals surface area contributed by atoms with Gasteiger partial charge in [0, 0.05) is 0 Å². The van der Waals surface area contributed by atoms with E-state index < -0.39 is 0 Å². The summed E-state index contributed by atoms with van der Waals surface area (Å²) in [5.74, 6) is 0.905.